The minimum absolute atomic E-state index is 0.0771. The third-order valence-corrected chi connectivity index (χ3v) is 2.88. The number of carbonyl (C=O) groups is 1. The fraction of sp³-hybridized carbons (Fsp3) is 0.143. The fourth-order valence-electron chi connectivity index (χ4n) is 1.90. The van der Waals surface area contributed by atoms with E-state index in [9.17, 15) is 14.3 Å². The molecule has 0 aliphatic rings. The molecule has 0 saturated heterocycles. The third kappa shape index (κ3) is 2.40. The second kappa shape index (κ2) is 5.06. The summed E-state index contributed by atoms with van der Waals surface area (Å²) in [5, 5.41) is 9.25. The van der Waals surface area contributed by atoms with Crippen LogP contribution in [-0.4, -0.2) is 23.1 Å². The first kappa shape index (κ1) is 13.0. The normalized spacial score (nSPS) is 10.3. The van der Waals surface area contributed by atoms with Crippen LogP contribution in [-0.2, 0) is 0 Å². The van der Waals surface area contributed by atoms with E-state index in [1.54, 1.807) is 38.2 Å². The summed E-state index contributed by atoms with van der Waals surface area (Å²) < 4.78 is 13.7. The highest BCUT2D eigenvalue weighted by Crippen LogP contribution is 2.28. The van der Waals surface area contributed by atoms with Crippen LogP contribution in [0.25, 0.3) is 0 Å². The van der Waals surface area contributed by atoms with Crippen molar-refractivity contribution in [3.8, 4) is 0 Å². The Kier molecular flexibility index (Phi) is 3.46. The smallest absolute Gasteiger partial charge is 0.339 e. The number of aromatic carboxylic acids is 1. The number of benzene rings is 1. The zero-order chi connectivity index (χ0) is 14.0. The van der Waals surface area contributed by atoms with Crippen molar-refractivity contribution >= 4 is 17.5 Å². The lowest BCUT2D eigenvalue weighted by Gasteiger charge is -2.21. The average molecular weight is 260 g/mol. The number of aryl methyl sites for hydroxylation is 1. The lowest BCUT2D eigenvalue weighted by Crippen LogP contribution is -2.17. The largest absolute Gasteiger partial charge is 0.478 e. The van der Waals surface area contributed by atoms with Crippen LogP contribution in [0, 0.1) is 12.7 Å². The summed E-state index contributed by atoms with van der Waals surface area (Å²) in [4.78, 5) is 16.8. The second-order valence-corrected chi connectivity index (χ2v) is 4.14. The minimum atomic E-state index is -1.08. The van der Waals surface area contributed by atoms with E-state index in [4.69, 9.17) is 0 Å². The van der Waals surface area contributed by atoms with Gasteiger partial charge in [0.15, 0.2) is 0 Å². The van der Waals surface area contributed by atoms with Crippen molar-refractivity contribution in [1.82, 2.24) is 4.98 Å². The number of hydrogen-bond donors (Lipinski definition) is 1. The molecule has 19 heavy (non-hydrogen) atoms. The van der Waals surface area contributed by atoms with Gasteiger partial charge in [0.1, 0.15) is 17.2 Å². The van der Waals surface area contributed by atoms with E-state index in [0.29, 0.717) is 5.56 Å². The summed E-state index contributed by atoms with van der Waals surface area (Å²) in [6, 6.07) is 7.77. The van der Waals surface area contributed by atoms with Gasteiger partial charge in [-0.2, -0.15) is 0 Å². The number of anilines is 2. The maximum atomic E-state index is 13.7. The number of halogens is 1. The topological polar surface area (TPSA) is 53.4 Å². The van der Waals surface area contributed by atoms with Gasteiger partial charge in [-0.3, -0.25) is 0 Å². The predicted molar refractivity (Wildman–Crippen MR) is 70.4 cm³/mol. The number of pyridine rings is 1. The second-order valence-electron chi connectivity index (χ2n) is 4.14. The van der Waals surface area contributed by atoms with E-state index < -0.39 is 11.8 Å². The van der Waals surface area contributed by atoms with Crippen LogP contribution in [0.1, 0.15) is 15.9 Å². The fourth-order valence-corrected chi connectivity index (χ4v) is 1.90. The minimum Gasteiger partial charge on any atom is -0.478 e. The Balaban J connectivity index is 2.57. The molecule has 2 rings (SSSR count). The lowest BCUT2D eigenvalue weighted by molar-refractivity contribution is 0.0696. The Labute approximate surface area is 110 Å². The van der Waals surface area contributed by atoms with E-state index in [1.165, 1.54) is 17.2 Å². The zero-order valence-corrected chi connectivity index (χ0v) is 10.6. The number of para-hydroxylation sites is 1. The molecule has 2 aromatic rings. The molecule has 98 valence electrons. The van der Waals surface area contributed by atoms with Crippen molar-refractivity contribution in [3.63, 3.8) is 0 Å². The maximum Gasteiger partial charge on any atom is 0.339 e. The van der Waals surface area contributed by atoms with Gasteiger partial charge in [0.2, 0.25) is 0 Å². The van der Waals surface area contributed by atoms with Crippen LogP contribution < -0.4 is 4.90 Å². The first-order valence-corrected chi connectivity index (χ1v) is 5.69. The molecule has 0 saturated carbocycles. The average Bonchev–Trinajstić information content (AvgIpc) is 2.37. The van der Waals surface area contributed by atoms with Gasteiger partial charge in [0.25, 0.3) is 0 Å². The maximum absolute atomic E-state index is 13.7. The van der Waals surface area contributed by atoms with Gasteiger partial charge in [-0.05, 0) is 30.7 Å². The monoisotopic (exact) mass is 260 g/mol. The van der Waals surface area contributed by atoms with Gasteiger partial charge in [0.05, 0.1) is 5.69 Å². The van der Waals surface area contributed by atoms with Crippen LogP contribution in [0.2, 0.25) is 0 Å². The molecule has 5 heteroatoms. The highest BCUT2D eigenvalue weighted by Gasteiger charge is 2.19. The molecule has 1 aromatic heterocycles. The van der Waals surface area contributed by atoms with Gasteiger partial charge in [-0.25, -0.2) is 14.2 Å². The van der Waals surface area contributed by atoms with Crippen molar-refractivity contribution in [2.75, 3.05) is 11.9 Å². The van der Waals surface area contributed by atoms with Crippen molar-refractivity contribution in [2.24, 2.45) is 0 Å². The van der Waals surface area contributed by atoms with Gasteiger partial charge in [0, 0.05) is 13.2 Å². The lowest BCUT2D eigenvalue weighted by atomic mass is 10.1. The Hall–Kier alpha value is -2.43. The summed E-state index contributed by atoms with van der Waals surface area (Å²) in [5.74, 6) is -1.29. The first-order valence-electron chi connectivity index (χ1n) is 5.69. The van der Waals surface area contributed by atoms with Gasteiger partial charge < -0.3 is 10.0 Å². The van der Waals surface area contributed by atoms with E-state index in [1.807, 2.05) is 0 Å². The molecule has 0 fully saturated rings. The Morgan fingerprint density at radius 3 is 2.63 bits per heavy atom. The molecule has 0 aliphatic heterocycles. The molecule has 0 radical (unpaired) electrons. The number of aromatic nitrogens is 1. The van der Waals surface area contributed by atoms with Gasteiger partial charge in [-0.1, -0.05) is 12.1 Å². The Bertz CT molecular complexity index is 629. The highest BCUT2D eigenvalue weighted by molar-refractivity contribution is 5.95. The van der Waals surface area contributed by atoms with Crippen molar-refractivity contribution in [1.29, 1.82) is 0 Å². The Morgan fingerprint density at radius 1 is 1.32 bits per heavy atom. The summed E-state index contributed by atoms with van der Waals surface area (Å²) in [7, 11) is 1.59. The SMILES string of the molecule is Cc1ccnc(N(C)c2ccccc2F)c1C(=O)O. The molecular weight excluding hydrogens is 247 g/mol. The van der Waals surface area contributed by atoms with E-state index >= 15 is 0 Å². The molecule has 0 unspecified atom stereocenters. The predicted octanol–water partition coefficient (Wildman–Crippen LogP) is 3.00. The summed E-state index contributed by atoms with van der Waals surface area (Å²) in [6.07, 6.45) is 1.51. The number of carboxylic acids is 1. The molecule has 4 nitrogen and oxygen atoms in total. The highest BCUT2D eigenvalue weighted by atomic mass is 19.1. The summed E-state index contributed by atoms with van der Waals surface area (Å²) in [6.45, 7) is 1.68. The van der Waals surface area contributed by atoms with Crippen LogP contribution in [0.3, 0.4) is 0 Å². The van der Waals surface area contributed by atoms with E-state index in [0.717, 1.165) is 0 Å². The number of nitrogens with zero attached hydrogens (tertiary/aromatic N) is 2. The molecule has 0 bridgehead atoms. The molecule has 1 N–H and O–H groups in total. The molecular formula is C14H13FN2O2. The van der Waals surface area contributed by atoms with E-state index in [-0.39, 0.29) is 17.1 Å². The van der Waals surface area contributed by atoms with E-state index in [2.05, 4.69) is 4.98 Å². The molecule has 0 amide bonds. The third-order valence-electron chi connectivity index (χ3n) is 2.88. The number of carboxylic acid groups (broad SMARTS) is 1. The molecule has 0 atom stereocenters. The van der Waals surface area contributed by atoms with Crippen LogP contribution in [0.15, 0.2) is 36.5 Å². The Morgan fingerprint density at radius 2 is 2.00 bits per heavy atom. The van der Waals surface area contributed by atoms with Crippen molar-refractivity contribution in [2.45, 2.75) is 6.92 Å². The number of rotatable bonds is 3. The first-order chi connectivity index (χ1) is 9.02. The summed E-state index contributed by atoms with van der Waals surface area (Å²) >= 11 is 0. The summed E-state index contributed by atoms with van der Waals surface area (Å²) in [5.41, 5.74) is 0.942. The van der Waals surface area contributed by atoms with Crippen molar-refractivity contribution in [3.05, 3.63) is 53.5 Å². The molecule has 0 spiro atoms. The van der Waals surface area contributed by atoms with Crippen LogP contribution in [0.4, 0.5) is 15.9 Å². The zero-order valence-electron chi connectivity index (χ0n) is 10.6. The van der Waals surface area contributed by atoms with Crippen molar-refractivity contribution < 1.29 is 14.3 Å². The van der Waals surface area contributed by atoms with Gasteiger partial charge >= 0.3 is 5.97 Å². The van der Waals surface area contributed by atoms with Crippen LogP contribution in [0.5, 0.6) is 0 Å². The van der Waals surface area contributed by atoms with Gasteiger partial charge in [-0.15, -0.1) is 0 Å². The molecule has 0 aliphatic carbocycles. The van der Waals surface area contributed by atoms with Crippen LogP contribution >= 0.6 is 0 Å². The molecule has 1 heterocycles. The standard InChI is InChI=1S/C14H13FN2O2/c1-9-7-8-16-13(12(9)14(18)19)17(2)11-6-4-3-5-10(11)15/h3-8H,1-2H3,(H,18,19). The number of hydrogen-bond acceptors (Lipinski definition) is 3. The molecule has 1 aromatic carbocycles. The quantitative estimate of drug-likeness (QED) is 0.921.